The van der Waals surface area contributed by atoms with Gasteiger partial charge in [-0.3, -0.25) is 14.7 Å². The molecular weight excluding hydrogens is 402 g/mol. The third kappa shape index (κ3) is 4.75. The second-order valence-corrected chi connectivity index (χ2v) is 8.39. The Labute approximate surface area is 188 Å². The van der Waals surface area contributed by atoms with Crippen molar-refractivity contribution < 1.29 is 14.3 Å². The van der Waals surface area contributed by atoms with Crippen LogP contribution in [-0.2, 0) is 17.8 Å². The first-order valence-electron chi connectivity index (χ1n) is 11.2. The van der Waals surface area contributed by atoms with Crippen molar-refractivity contribution in [2.75, 3.05) is 25.0 Å². The molecule has 6 nitrogen and oxygen atoms in total. The number of carbonyl (C=O) groups excluding carboxylic acids is 1. The van der Waals surface area contributed by atoms with Crippen molar-refractivity contribution in [3.63, 3.8) is 0 Å². The van der Waals surface area contributed by atoms with Crippen LogP contribution in [0, 0.1) is 5.92 Å². The van der Waals surface area contributed by atoms with Gasteiger partial charge in [-0.05, 0) is 60.8 Å². The van der Waals surface area contributed by atoms with E-state index in [0.29, 0.717) is 17.2 Å². The van der Waals surface area contributed by atoms with E-state index in [1.807, 2.05) is 36.4 Å². The smallest absolute Gasteiger partial charge is 0.228 e. The lowest BCUT2D eigenvalue weighted by molar-refractivity contribution is -0.121. The summed E-state index contributed by atoms with van der Waals surface area (Å²) in [6, 6.07) is 17.6. The van der Waals surface area contributed by atoms with Crippen LogP contribution in [-0.4, -0.2) is 35.5 Å². The number of benzene rings is 2. The number of rotatable bonds is 6. The van der Waals surface area contributed by atoms with Crippen molar-refractivity contribution >= 4 is 11.6 Å². The summed E-state index contributed by atoms with van der Waals surface area (Å²) in [5.74, 6) is 2.25. The SMILES string of the molecule is O=C(Nc1ccccc1Oc1cccnc1)C1CCCN(Cc2ccc3c(c2)CCO3)C1. The van der Waals surface area contributed by atoms with Gasteiger partial charge in [0.1, 0.15) is 11.5 Å². The van der Waals surface area contributed by atoms with E-state index in [1.165, 1.54) is 11.1 Å². The van der Waals surface area contributed by atoms with Gasteiger partial charge in [0, 0.05) is 25.7 Å². The molecule has 5 rings (SSSR count). The molecule has 1 N–H and O–H groups in total. The van der Waals surface area contributed by atoms with Crippen molar-refractivity contribution in [3.8, 4) is 17.2 Å². The van der Waals surface area contributed by atoms with Crippen LogP contribution >= 0.6 is 0 Å². The molecular formula is C26H27N3O3. The third-order valence-corrected chi connectivity index (χ3v) is 6.04. The minimum atomic E-state index is -0.0482. The molecule has 164 valence electrons. The fourth-order valence-corrected chi connectivity index (χ4v) is 4.44. The number of aromatic nitrogens is 1. The monoisotopic (exact) mass is 429 g/mol. The van der Waals surface area contributed by atoms with Gasteiger partial charge in [0.05, 0.1) is 24.4 Å². The predicted molar refractivity (Wildman–Crippen MR) is 123 cm³/mol. The summed E-state index contributed by atoms with van der Waals surface area (Å²) in [5.41, 5.74) is 3.25. The van der Waals surface area contributed by atoms with Gasteiger partial charge in [-0.15, -0.1) is 0 Å². The van der Waals surface area contributed by atoms with Crippen LogP contribution in [0.15, 0.2) is 67.0 Å². The van der Waals surface area contributed by atoms with E-state index >= 15 is 0 Å². The van der Waals surface area contributed by atoms with Gasteiger partial charge in [0.2, 0.25) is 5.91 Å². The molecule has 1 atom stereocenters. The second-order valence-electron chi connectivity index (χ2n) is 8.39. The molecule has 1 amide bonds. The number of anilines is 1. The number of amides is 1. The maximum atomic E-state index is 13.1. The van der Waals surface area contributed by atoms with Crippen LogP contribution in [0.3, 0.4) is 0 Å². The van der Waals surface area contributed by atoms with Gasteiger partial charge in [-0.25, -0.2) is 0 Å². The standard InChI is InChI=1S/C26H27N3O3/c30-26(28-23-7-1-2-8-25(23)32-22-6-3-12-27-16-22)21-5-4-13-29(18-21)17-19-9-10-24-20(15-19)11-14-31-24/h1-3,6-10,12,15-16,21H,4-5,11,13-14,17-18H2,(H,28,30). The lowest BCUT2D eigenvalue weighted by Gasteiger charge is -2.32. The number of pyridine rings is 1. The molecule has 2 aliphatic heterocycles. The van der Waals surface area contributed by atoms with Gasteiger partial charge in [-0.2, -0.15) is 0 Å². The highest BCUT2D eigenvalue weighted by molar-refractivity contribution is 5.94. The number of ether oxygens (including phenoxy) is 2. The highest BCUT2D eigenvalue weighted by Crippen LogP contribution is 2.31. The fraction of sp³-hybridized carbons (Fsp3) is 0.308. The maximum absolute atomic E-state index is 13.1. The number of nitrogens with one attached hydrogen (secondary N) is 1. The zero-order valence-corrected chi connectivity index (χ0v) is 18.0. The maximum Gasteiger partial charge on any atom is 0.228 e. The first-order valence-corrected chi connectivity index (χ1v) is 11.2. The molecule has 2 aromatic carbocycles. The minimum absolute atomic E-state index is 0.0410. The molecule has 1 fully saturated rings. The highest BCUT2D eigenvalue weighted by atomic mass is 16.5. The van der Waals surface area contributed by atoms with Gasteiger partial charge in [0.25, 0.3) is 0 Å². The average molecular weight is 430 g/mol. The summed E-state index contributed by atoms with van der Waals surface area (Å²) in [6.07, 6.45) is 6.25. The number of hydrogen-bond donors (Lipinski definition) is 1. The van der Waals surface area contributed by atoms with Crippen LogP contribution in [0.4, 0.5) is 5.69 Å². The quantitative estimate of drug-likeness (QED) is 0.618. The Bertz CT molecular complexity index is 1090. The second kappa shape index (κ2) is 9.40. The van der Waals surface area contributed by atoms with Crippen molar-refractivity contribution in [3.05, 3.63) is 78.1 Å². The Morgan fingerprint density at radius 1 is 1.19 bits per heavy atom. The molecule has 6 heteroatoms. The van der Waals surface area contributed by atoms with Gasteiger partial charge < -0.3 is 14.8 Å². The predicted octanol–water partition coefficient (Wildman–Crippen LogP) is 4.66. The molecule has 0 bridgehead atoms. The van der Waals surface area contributed by atoms with E-state index in [2.05, 4.69) is 33.4 Å². The molecule has 1 aromatic heterocycles. The van der Waals surface area contributed by atoms with E-state index < -0.39 is 0 Å². The van der Waals surface area contributed by atoms with Gasteiger partial charge >= 0.3 is 0 Å². The first-order chi connectivity index (χ1) is 15.7. The minimum Gasteiger partial charge on any atom is -0.493 e. The van der Waals surface area contributed by atoms with Gasteiger partial charge in [-0.1, -0.05) is 24.3 Å². The molecule has 0 aliphatic carbocycles. The summed E-state index contributed by atoms with van der Waals surface area (Å²) in [5, 5.41) is 3.09. The van der Waals surface area contributed by atoms with Crippen LogP contribution in [0.5, 0.6) is 17.2 Å². The van der Waals surface area contributed by atoms with Crippen molar-refractivity contribution in [1.29, 1.82) is 0 Å². The molecule has 32 heavy (non-hydrogen) atoms. The Kier molecular flexibility index (Phi) is 6.03. The summed E-state index contributed by atoms with van der Waals surface area (Å²) in [6.45, 7) is 3.40. The van der Waals surface area contributed by atoms with Crippen molar-refractivity contribution in [1.82, 2.24) is 9.88 Å². The summed E-state index contributed by atoms with van der Waals surface area (Å²) < 4.78 is 11.6. The highest BCUT2D eigenvalue weighted by Gasteiger charge is 2.27. The zero-order chi connectivity index (χ0) is 21.8. The Hall–Kier alpha value is -3.38. The Balaban J connectivity index is 1.22. The molecule has 0 radical (unpaired) electrons. The number of piperidine rings is 1. The number of hydrogen-bond acceptors (Lipinski definition) is 5. The van der Waals surface area contributed by atoms with Gasteiger partial charge in [0.15, 0.2) is 5.75 Å². The van der Waals surface area contributed by atoms with E-state index in [-0.39, 0.29) is 11.8 Å². The number of carbonyl (C=O) groups is 1. The fourth-order valence-electron chi connectivity index (χ4n) is 4.44. The largest absolute Gasteiger partial charge is 0.493 e. The normalized spacial score (nSPS) is 17.9. The topological polar surface area (TPSA) is 63.7 Å². The zero-order valence-electron chi connectivity index (χ0n) is 18.0. The number of fused-ring (bicyclic) bond motifs is 1. The molecule has 2 aliphatic rings. The van der Waals surface area contributed by atoms with Crippen LogP contribution < -0.4 is 14.8 Å². The van der Waals surface area contributed by atoms with E-state index in [1.54, 1.807) is 12.4 Å². The van der Waals surface area contributed by atoms with Crippen LogP contribution in [0.1, 0.15) is 24.0 Å². The molecule has 1 unspecified atom stereocenters. The summed E-state index contributed by atoms with van der Waals surface area (Å²) in [7, 11) is 0. The number of likely N-dealkylation sites (tertiary alicyclic amines) is 1. The lowest BCUT2D eigenvalue weighted by Crippen LogP contribution is -2.40. The average Bonchev–Trinajstić information content (AvgIpc) is 3.29. The lowest BCUT2D eigenvalue weighted by atomic mass is 9.96. The van der Waals surface area contributed by atoms with E-state index in [0.717, 1.165) is 51.3 Å². The van der Waals surface area contributed by atoms with E-state index in [4.69, 9.17) is 9.47 Å². The van der Waals surface area contributed by atoms with E-state index in [9.17, 15) is 4.79 Å². The number of para-hydroxylation sites is 2. The molecule has 1 saturated heterocycles. The molecule has 0 spiro atoms. The van der Waals surface area contributed by atoms with Crippen molar-refractivity contribution in [2.24, 2.45) is 5.92 Å². The summed E-state index contributed by atoms with van der Waals surface area (Å²) >= 11 is 0. The summed E-state index contributed by atoms with van der Waals surface area (Å²) in [4.78, 5) is 19.6. The van der Waals surface area contributed by atoms with Crippen LogP contribution in [0.2, 0.25) is 0 Å². The van der Waals surface area contributed by atoms with Crippen molar-refractivity contribution in [2.45, 2.75) is 25.8 Å². The Morgan fingerprint density at radius 3 is 3.03 bits per heavy atom. The Morgan fingerprint density at radius 2 is 2.12 bits per heavy atom. The molecule has 0 saturated carbocycles. The first kappa shape index (κ1) is 20.5. The number of nitrogens with zero attached hydrogens (tertiary/aromatic N) is 2. The van der Waals surface area contributed by atoms with Crippen LogP contribution in [0.25, 0.3) is 0 Å². The molecule has 3 aromatic rings. The third-order valence-electron chi connectivity index (χ3n) is 6.04. The molecule has 3 heterocycles.